The van der Waals surface area contributed by atoms with Crippen LogP contribution in [-0.2, 0) is 14.3 Å². The number of allylic oxidation sites excluding steroid dienone is 6. The lowest BCUT2D eigenvalue weighted by molar-refractivity contribution is -0.143. The maximum atomic E-state index is 12.5. The van der Waals surface area contributed by atoms with Crippen LogP contribution in [-0.4, -0.2) is 47.4 Å². The maximum absolute atomic E-state index is 12.5. The number of nitrogens with one attached hydrogen (secondary N) is 1. The number of aliphatic hydroxyl groups excluding tert-OH is 2. The van der Waals surface area contributed by atoms with Gasteiger partial charge in [0.2, 0.25) is 5.91 Å². The topological polar surface area (TPSA) is 95.9 Å². The molecule has 0 rings (SSSR count). The predicted molar refractivity (Wildman–Crippen MR) is 310 cm³/mol. The average molecular weight is 999 g/mol. The summed E-state index contributed by atoms with van der Waals surface area (Å²) in [6.45, 7) is 4.94. The second-order valence-corrected chi connectivity index (χ2v) is 21.7. The van der Waals surface area contributed by atoms with Crippen molar-refractivity contribution < 1.29 is 24.5 Å². The molecule has 0 saturated carbocycles. The Morgan fingerprint density at radius 3 is 1.10 bits per heavy atom. The van der Waals surface area contributed by atoms with Gasteiger partial charge in [-0.25, -0.2) is 0 Å². The predicted octanol–water partition coefficient (Wildman–Crippen LogP) is 20.0. The molecule has 0 bridgehead atoms. The van der Waals surface area contributed by atoms with E-state index in [2.05, 4.69) is 55.6 Å². The van der Waals surface area contributed by atoms with Crippen molar-refractivity contribution in [2.45, 2.75) is 353 Å². The van der Waals surface area contributed by atoms with E-state index in [4.69, 9.17) is 4.74 Å². The van der Waals surface area contributed by atoms with Gasteiger partial charge in [0.25, 0.3) is 0 Å². The molecule has 0 aliphatic carbocycles. The molecule has 6 nitrogen and oxygen atoms in total. The zero-order valence-corrected chi connectivity index (χ0v) is 47.7. The lowest BCUT2D eigenvalue weighted by Gasteiger charge is -2.22. The number of hydrogen-bond donors (Lipinski definition) is 3. The molecular formula is C65H123NO5. The molecule has 418 valence electrons. The van der Waals surface area contributed by atoms with Gasteiger partial charge < -0.3 is 20.3 Å². The monoisotopic (exact) mass is 998 g/mol. The summed E-state index contributed by atoms with van der Waals surface area (Å²) in [5.74, 6) is -0.0342. The Balaban J connectivity index is 3.38. The Bertz CT molecular complexity index is 1150. The van der Waals surface area contributed by atoms with Crippen molar-refractivity contribution in [2.75, 3.05) is 13.2 Å². The van der Waals surface area contributed by atoms with E-state index in [9.17, 15) is 19.8 Å². The van der Waals surface area contributed by atoms with Crippen LogP contribution < -0.4 is 5.32 Å². The second kappa shape index (κ2) is 60.6. The Hall–Kier alpha value is -1.92. The van der Waals surface area contributed by atoms with Gasteiger partial charge in [-0.3, -0.25) is 9.59 Å². The SMILES string of the molecule is CCCCCC/C=C\C/C=C\CCCCCCCCCC(=O)OCCCCCCCCCCCCCC/C=C\CCCCCCCCCCC(=O)NC(CO)C(O)CCCCCCCCCCCCCC. The molecule has 1 amide bonds. The van der Waals surface area contributed by atoms with Gasteiger partial charge in [-0.15, -0.1) is 0 Å². The zero-order chi connectivity index (χ0) is 51.4. The Kier molecular flexibility index (Phi) is 59.0. The molecule has 0 aromatic rings. The van der Waals surface area contributed by atoms with E-state index >= 15 is 0 Å². The molecule has 0 aliphatic heterocycles. The molecular weight excluding hydrogens is 875 g/mol. The molecule has 0 heterocycles. The van der Waals surface area contributed by atoms with Gasteiger partial charge in [0, 0.05) is 12.8 Å². The fourth-order valence-corrected chi connectivity index (χ4v) is 9.78. The van der Waals surface area contributed by atoms with Crippen molar-refractivity contribution in [2.24, 2.45) is 0 Å². The van der Waals surface area contributed by atoms with Gasteiger partial charge in [-0.1, -0.05) is 281 Å². The molecule has 0 aliphatic rings. The van der Waals surface area contributed by atoms with E-state index < -0.39 is 12.1 Å². The summed E-state index contributed by atoms with van der Waals surface area (Å²) < 4.78 is 5.49. The molecule has 0 aromatic carbocycles. The molecule has 0 saturated heterocycles. The van der Waals surface area contributed by atoms with Crippen LogP contribution in [0.5, 0.6) is 0 Å². The number of esters is 1. The third-order valence-electron chi connectivity index (χ3n) is 14.7. The fraction of sp³-hybridized carbons (Fsp3) is 0.877. The first-order chi connectivity index (χ1) is 35.0. The van der Waals surface area contributed by atoms with E-state index in [1.807, 2.05) is 0 Å². The first kappa shape index (κ1) is 69.1. The molecule has 0 radical (unpaired) electrons. The van der Waals surface area contributed by atoms with Gasteiger partial charge in [0.05, 0.1) is 25.4 Å². The highest BCUT2D eigenvalue weighted by Crippen LogP contribution is 2.17. The van der Waals surface area contributed by atoms with Crippen molar-refractivity contribution >= 4 is 11.9 Å². The highest BCUT2D eigenvalue weighted by atomic mass is 16.5. The van der Waals surface area contributed by atoms with Crippen molar-refractivity contribution in [3.8, 4) is 0 Å². The number of ether oxygens (including phenoxy) is 1. The van der Waals surface area contributed by atoms with Crippen LogP contribution in [0.1, 0.15) is 341 Å². The number of aliphatic hydroxyl groups is 2. The minimum atomic E-state index is -0.666. The minimum Gasteiger partial charge on any atom is -0.466 e. The van der Waals surface area contributed by atoms with E-state index in [1.165, 1.54) is 257 Å². The summed E-state index contributed by atoms with van der Waals surface area (Å²) in [7, 11) is 0. The molecule has 3 N–H and O–H groups in total. The third kappa shape index (κ3) is 57.2. The minimum absolute atomic E-state index is 0.00526. The summed E-state index contributed by atoms with van der Waals surface area (Å²) in [5, 5.41) is 23.2. The lowest BCUT2D eigenvalue weighted by atomic mass is 10.0. The molecule has 0 fully saturated rings. The quantitative estimate of drug-likeness (QED) is 0.0321. The van der Waals surface area contributed by atoms with Gasteiger partial charge >= 0.3 is 5.97 Å². The second-order valence-electron chi connectivity index (χ2n) is 21.7. The van der Waals surface area contributed by atoms with Gasteiger partial charge in [0.1, 0.15) is 0 Å². The molecule has 71 heavy (non-hydrogen) atoms. The molecule has 2 unspecified atom stereocenters. The van der Waals surface area contributed by atoms with E-state index in [0.29, 0.717) is 25.9 Å². The summed E-state index contributed by atoms with van der Waals surface area (Å²) in [6, 6.07) is -0.544. The van der Waals surface area contributed by atoms with Gasteiger partial charge in [-0.2, -0.15) is 0 Å². The fourth-order valence-electron chi connectivity index (χ4n) is 9.78. The van der Waals surface area contributed by atoms with Crippen LogP contribution in [0.25, 0.3) is 0 Å². The third-order valence-corrected chi connectivity index (χ3v) is 14.7. The number of hydrogen-bond acceptors (Lipinski definition) is 5. The zero-order valence-electron chi connectivity index (χ0n) is 47.7. The van der Waals surface area contributed by atoms with E-state index in [-0.39, 0.29) is 18.5 Å². The highest BCUT2D eigenvalue weighted by Gasteiger charge is 2.20. The number of carbonyl (C=O) groups excluding carboxylic acids is 2. The van der Waals surface area contributed by atoms with E-state index in [1.54, 1.807) is 0 Å². The van der Waals surface area contributed by atoms with Crippen molar-refractivity contribution in [3.63, 3.8) is 0 Å². The molecule has 2 atom stereocenters. The molecule has 0 aromatic heterocycles. The van der Waals surface area contributed by atoms with Crippen molar-refractivity contribution in [1.29, 1.82) is 0 Å². The van der Waals surface area contributed by atoms with Crippen LogP contribution in [0.4, 0.5) is 0 Å². The van der Waals surface area contributed by atoms with Crippen LogP contribution >= 0.6 is 0 Å². The Labute approximate surface area is 443 Å². The lowest BCUT2D eigenvalue weighted by Crippen LogP contribution is -2.45. The first-order valence-electron chi connectivity index (χ1n) is 31.7. The Morgan fingerprint density at radius 2 is 0.704 bits per heavy atom. The number of unbranched alkanes of at least 4 members (excludes halogenated alkanes) is 42. The first-order valence-corrected chi connectivity index (χ1v) is 31.7. The number of amides is 1. The number of carbonyl (C=O) groups is 2. The normalized spacial score (nSPS) is 12.8. The van der Waals surface area contributed by atoms with Crippen LogP contribution in [0.3, 0.4) is 0 Å². The van der Waals surface area contributed by atoms with Gasteiger partial charge in [-0.05, 0) is 83.5 Å². The molecule has 6 heteroatoms. The van der Waals surface area contributed by atoms with Crippen molar-refractivity contribution in [1.82, 2.24) is 5.32 Å². The number of rotatable bonds is 59. The Morgan fingerprint density at radius 1 is 0.394 bits per heavy atom. The van der Waals surface area contributed by atoms with E-state index in [0.717, 1.165) is 51.4 Å². The highest BCUT2D eigenvalue weighted by molar-refractivity contribution is 5.76. The largest absolute Gasteiger partial charge is 0.466 e. The maximum Gasteiger partial charge on any atom is 0.305 e. The van der Waals surface area contributed by atoms with Crippen molar-refractivity contribution in [3.05, 3.63) is 36.5 Å². The summed E-state index contributed by atoms with van der Waals surface area (Å²) in [5.41, 5.74) is 0. The summed E-state index contributed by atoms with van der Waals surface area (Å²) in [4.78, 5) is 24.5. The van der Waals surface area contributed by atoms with Crippen LogP contribution in [0.15, 0.2) is 36.5 Å². The van der Waals surface area contributed by atoms with Gasteiger partial charge in [0.15, 0.2) is 0 Å². The summed E-state index contributed by atoms with van der Waals surface area (Å²) >= 11 is 0. The standard InChI is InChI=1S/C65H123NO5/c1-3-5-7-9-11-13-15-17-18-19-29-32-35-39-43-47-51-55-59-65(70)71-60-56-52-48-44-40-36-33-30-27-25-23-21-20-22-24-26-28-31-34-38-42-46-50-54-58-64(69)66-62(61-67)63(68)57-53-49-45-41-37-16-14-12-10-8-6-4-2/h13,15,18-19,22,24,62-63,67-68H,3-12,14,16-17,20-21,23,25-61H2,1-2H3,(H,66,69)/b15-13-,19-18-,24-22-. The van der Waals surface area contributed by atoms with Crippen LogP contribution in [0.2, 0.25) is 0 Å². The smallest absolute Gasteiger partial charge is 0.305 e. The molecule has 0 spiro atoms. The average Bonchev–Trinajstić information content (AvgIpc) is 3.37. The van der Waals surface area contributed by atoms with Crippen LogP contribution in [0, 0.1) is 0 Å². The summed E-state index contributed by atoms with van der Waals surface area (Å²) in [6.07, 6.45) is 75.9.